The number of amides is 2. The van der Waals surface area contributed by atoms with Gasteiger partial charge in [0.05, 0.1) is 11.9 Å². The van der Waals surface area contributed by atoms with E-state index < -0.39 is 6.03 Å². The predicted octanol–water partition coefficient (Wildman–Crippen LogP) is 5.10. The first-order valence-corrected chi connectivity index (χ1v) is 13.3. The highest BCUT2D eigenvalue weighted by Crippen LogP contribution is 2.35. The smallest absolute Gasteiger partial charge is 0.324 e. The summed E-state index contributed by atoms with van der Waals surface area (Å²) >= 11 is 1.53. The number of hydrogen-bond donors (Lipinski definition) is 4. The molecule has 0 aliphatic heterocycles. The van der Waals surface area contributed by atoms with Gasteiger partial charge in [-0.15, -0.1) is 0 Å². The molecule has 0 bridgehead atoms. The van der Waals surface area contributed by atoms with E-state index in [0.717, 1.165) is 33.1 Å². The van der Waals surface area contributed by atoms with Crippen LogP contribution in [0.1, 0.15) is 39.4 Å². The van der Waals surface area contributed by atoms with Crippen LogP contribution >= 0.6 is 11.3 Å². The molecule has 2 amide bonds. The van der Waals surface area contributed by atoms with Gasteiger partial charge in [-0.25, -0.2) is 19.7 Å². The fraction of sp³-hybridized carbons (Fsp3) is 0.346. The first-order chi connectivity index (χ1) is 18.2. The van der Waals surface area contributed by atoms with Crippen LogP contribution in [0.15, 0.2) is 47.2 Å². The summed E-state index contributed by atoms with van der Waals surface area (Å²) in [6, 6.07) is 8.85. The number of anilines is 3. The van der Waals surface area contributed by atoms with Gasteiger partial charge >= 0.3 is 6.03 Å². The second kappa shape index (κ2) is 9.07. The molecule has 6 rings (SSSR count). The molecule has 0 atom stereocenters. The average molecular weight is 532 g/mol. The third kappa shape index (κ3) is 4.79. The number of likely N-dealkylation sites (N-methyl/N-ethyl adjacent to an activating group) is 1. The van der Waals surface area contributed by atoms with Gasteiger partial charge in [0.1, 0.15) is 16.1 Å². The number of urea groups is 1. The average Bonchev–Trinajstić information content (AvgIpc) is 3.16. The van der Waals surface area contributed by atoms with E-state index in [4.69, 9.17) is 9.51 Å². The maximum atomic E-state index is 12.4. The Hall–Kier alpha value is -4.03. The third-order valence-electron chi connectivity index (χ3n) is 6.76. The summed E-state index contributed by atoms with van der Waals surface area (Å²) in [7, 11) is 1.99. The van der Waals surface area contributed by atoms with Crippen LogP contribution in [-0.2, 0) is 5.41 Å². The van der Waals surface area contributed by atoms with E-state index in [-0.39, 0.29) is 11.0 Å². The van der Waals surface area contributed by atoms with Crippen LogP contribution in [-0.4, -0.2) is 49.7 Å². The molecule has 11 nitrogen and oxygen atoms in total. The van der Waals surface area contributed by atoms with Gasteiger partial charge in [0.25, 0.3) is 0 Å². The Kier molecular flexibility index (Phi) is 5.80. The van der Waals surface area contributed by atoms with E-state index in [2.05, 4.69) is 36.4 Å². The Balaban J connectivity index is 1.12. The van der Waals surface area contributed by atoms with Gasteiger partial charge in [-0.05, 0) is 32.0 Å². The largest absolute Gasteiger partial charge is 0.359 e. The molecule has 12 heteroatoms. The van der Waals surface area contributed by atoms with Crippen molar-refractivity contribution in [3.63, 3.8) is 0 Å². The SMILES string of the molecule is CNC1(CNc2ncc3c(n2)sc2nc(-c4ccc(NC(=O)Nc5cc(C(C)(C)C)on5)cc4)cn23)CC1. The second-order valence-electron chi connectivity index (χ2n) is 10.6. The van der Waals surface area contributed by atoms with Crippen LogP contribution in [0, 0.1) is 0 Å². The fourth-order valence-corrected chi connectivity index (χ4v) is 5.08. The molecule has 1 aromatic carbocycles. The normalized spacial score (nSPS) is 14.6. The predicted molar refractivity (Wildman–Crippen MR) is 149 cm³/mol. The number of rotatable bonds is 7. The second-order valence-corrected chi connectivity index (χ2v) is 11.6. The lowest BCUT2D eigenvalue weighted by Gasteiger charge is -2.14. The molecular formula is C26H29N9O2S. The van der Waals surface area contributed by atoms with E-state index >= 15 is 0 Å². The molecule has 4 aromatic heterocycles. The minimum Gasteiger partial charge on any atom is -0.359 e. The van der Waals surface area contributed by atoms with Crippen molar-refractivity contribution < 1.29 is 9.32 Å². The lowest BCUT2D eigenvalue weighted by molar-refractivity contribution is 0.262. The summed E-state index contributed by atoms with van der Waals surface area (Å²) in [5, 5.41) is 16.1. The molecule has 1 saturated carbocycles. The number of carbonyl (C=O) groups excluding carboxylic acids is 1. The van der Waals surface area contributed by atoms with Gasteiger partial charge in [-0.2, -0.15) is 0 Å². The molecule has 196 valence electrons. The highest BCUT2D eigenvalue weighted by atomic mass is 32.1. The fourth-order valence-electron chi connectivity index (χ4n) is 4.12. The van der Waals surface area contributed by atoms with Gasteiger partial charge in [0.15, 0.2) is 10.8 Å². The van der Waals surface area contributed by atoms with Crippen molar-refractivity contribution in [1.82, 2.24) is 29.8 Å². The minimum absolute atomic E-state index is 0.180. The van der Waals surface area contributed by atoms with Crippen LogP contribution in [0.25, 0.3) is 26.6 Å². The monoisotopic (exact) mass is 531 g/mol. The number of nitrogens with one attached hydrogen (secondary N) is 4. The van der Waals surface area contributed by atoms with Crippen LogP contribution in [0.4, 0.5) is 22.2 Å². The highest BCUT2D eigenvalue weighted by molar-refractivity contribution is 7.23. The van der Waals surface area contributed by atoms with Crippen LogP contribution in [0.2, 0.25) is 0 Å². The highest BCUT2D eigenvalue weighted by Gasteiger charge is 2.40. The van der Waals surface area contributed by atoms with Crippen molar-refractivity contribution in [1.29, 1.82) is 0 Å². The Bertz CT molecular complexity index is 1620. The molecule has 1 aliphatic carbocycles. The van der Waals surface area contributed by atoms with Crippen molar-refractivity contribution in [2.24, 2.45) is 0 Å². The van der Waals surface area contributed by atoms with Crippen LogP contribution in [0.5, 0.6) is 0 Å². The zero-order valence-electron chi connectivity index (χ0n) is 21.6. The summed E-state index contributed by atoms with van der Waals surface area (Å²) in [6.45, 7) is 6.86. The van der Waals surface area contributed by atoms with Crippen molar-refractivity contribution >= 4 is 50.1 Å². The maximum Gasteiger partial charge on any atom is 0.324 e. The number of carbonyl (C=O) groups is 1. The number of fused-ring (bicyclic) bond motifs is 3. The molecule has 0 spiro atoms. The van der Waals surface area contributed by atoms with E-state index in [1.54, 1.807) is 6.07 Å². The molecule has 0 saturated heterocycles. The third-order valence-corrected chi connectivity index (χ3v) is 7.72. The maximum absolute atomic E-state index is 12.4. The van der Waals surface area contributed by atoms with Crippen molar-refractivity contribution in [2.45, 2.75) is 44.6 Å². The summed E-state index contributed by atoms with van der Waals surface area (Å²) in [6.07, 6.45) is 6.15. The molecule has 1 aliphatic rings. The Morgan fingerprint density at radius 3 is 2.63 bits per heavy atom. The van der Waals surface area contributed by atoms with Gasteiger partial charge in [-0.3, -0.25) is 9.72 Å². The van der Waals surface area contributed by atoms with E-state index in [9.17, 15) is 4.79 Å². The zero-order valence-corrected chi connectivity index (χ0v) is 22.4. The van der Waals surface area contributed by atoms with E-state index in [1.165, 1.54) is 24.2 Å². The summed E-state index contributed by atoms with van der Waals surface area (Å²) in [4.78, 5) is 28.1. The van der Waals surface area contributed by atoms with Gasteiger partial charge in [0, 0.05) is 41.0 Å². The molecule has 4 N–H and O–H groups in total. The van der Waals surface area contributed by atoms with Gasteiger partial charge in [-0.1, -0.05) is 49.4 Å². The number of nitrogens with zero attached hydrogens (tertiary/aromatic N) is 5. The Morgan fingerprint density at radius 1 is 1.16 bits per heavy atom. The lowest BCUT2D eigenvalue weighted by Crippen LogP contribution is -2.35. The molecule has 0 radical (unpaired) electrons. The first kappa shape index (κ1) is 24.3. The number of thiazole rings is 1. The standard InChI is InChI=1S/C26H29N9O2S/c1-25(2,3)19-11-20(34-37-19)32-23(36)30-16-7-5-15(6-8-16)17-13-35-18-12-28-22(29-14-26(27-4)9-10-26)33-21(18)38-24(35)31-17/h5-8,11-13,27H,9-10,14H2,1-4H3,(H,28,29,33)(H2,30,32,34,36). The number of benzene rings is 1. The van der Waals surface area contributed by atoms with E-state index in [1.807, 2.05) is 68.9 Å². The summed E-state index contributed by atoms with van der Waals surface area (Å²) in [5.74, 6) is 1.70. The van der Waals surface area contributed by atoms with E-state index in [0.29, 0.717) is 23.2 Å². The van der Waals surface area contributed by atoms with Crippen molar-refractivity contribution in [3.8, 4) is 11.3 Å². The first-order valence-electron chi connectivity index (χ1n) is 12.4. The lowest BCUT2D eigenvalue weighted by atomic mass is 9.93. The Labute approximate surface area is 223 Å². The van der Waals surface area contributed by atoms with Gasteiger partial charge in [0.2, 0.25) is 5.95 Å². The molecule has 1 fully saturated rings. The molecule has 5 aromatic rings. The van der Waals surface area contributed by atoms with Crippen molar-refractivity contribution in [2.75, 3.05) is 29.5 Å². The Morgan fingerprint density at radius 2 is 1.95 bits per heavy atom. The molecular weight excluding hydrogens is 502 g/mol. The number of imidazole rings is 1. The van der Waals surface area contributed by atoms with Crippen LogP contribution in [0.3, 0.4) is 0 Å². The number of aromatic nitrogens is 5. The van der Waals surface area contributed by atoms with Crippen LogP contribution < -0.4 is 21.3 Å². The molecule has 0 unspecified atom stereocenters. The number of hydrogen-bond acceptors (Lipinski definition) is 9. The van der Waals surface area contributed by atoms with Gasteiger partial charge < -0.3 is 20.5 Å². The molecule has 38 heavy (non-hydrogen) atoms. The zero-order chi connectivity index (χ0) is 26.5. The molecule has 4 heterocycles. The van der Waals surface area contributed by atoms with Crippen molar-refractivity contribution in [3.05, 3.63) is 48.5 Å². The minimum atomic E-state index is -0.396. The summed E-state index contributed by atoms with van der Waals surface area (Å²) < 4.78 is 7.32. The quantitative estimate of drug-likeness (QED) is 0.228. The summed E-state index contributed by atoms with van der Waals surface area (Å²) in [5.41, 5.74) is 3.33. The topological polar surface area (TPSA) is 134 Å².